The summed E-state index contributed by atoms with van der Waals surface area (Å²) in [6.45, 7) is 0. The molecular weight excluding hydrogens is 124 g/mol. The summed E-state index contributed by atoms with van der Waals surface area (Å²) in [4.78, 5) is 10.3. The van der Waals surface area contributed by atoms with Gasteiger partial charge in [-0.15, -0.1) is 0 Å². The Hall–Kier alpha value is -1.03. The molecule has 4 heteroatoms. The monoisotopic (exact) mass is 132 g/mol. The van der Waals surface area contributed by atoms with Crippen LogP contribution < -0.4 is 0 Å². The first-order valence-electron chi connectivity index (χ1n) is 3.24. The van der Waals surface area contributed by atoms with Gasteiger partial charge in [-0.25, -0.2) is 4.79 Å². The number of rotatable bonds is 2. The molecule has 2 atom stereocenters. The van der Waals surface area contributed by atoms with Crippen LogP contribution in [0.3, 0.4) is 0 Å². The lowest BCUT2D eigenvalue weighted by atomic mass is 10.2. The van der Waals surface area contributed by atoms with E-state index in [0.717, 1.165) is 6.26 Å². The summed E-state index contributed by atoms with van der Waals surface area (Å²) in [6.07, 6.45) is -1.38. The molecule has 0 aromatic carbocycles. The molecule has 0 bridgehead atoms. The van der Waals surface area contributed by atoms with Gasteiger partial charge in [-0.2, -0.15) is 0 Å². The Morgan fingerprint density at radius 2 is 2.78 bits per heavy atom. The van der Waals surface area contributed by atoms with Gasteiger partial charge in [0.15, 0.2) is 0 Å². The highest BCUT2D eigenvalue weighted by Gasteiger charge is 2.28. The summed E-state index contributed by atoms with van der Waals surface area (Å²) in [5.41, 5.74) is 0. The molecular formula is C5H6O4. The molecule has 1 heterocycles. The highest BCUT2D eigenvalue weighted by molar-refractivity contribution is 5.74. The van der Waals surface area contributed by atoms with Crippen molar-refractivity contribution in [3.63, 3.8) is 0 Å². The normalized spacial score (nSPS) is 36.2. The second-order valence-electron chi connectivity index (χ2n) is 1.60. The van der Waals surface area contributed by atoms with Crippen molar-refractivity contribution in [1.82, 2.24) is 0 Å². The minimum Gasteiger partial charge on any atom is -0.483 e. The Morgan fingerprint density at radius 1 is 2.00 bits per heavy atom. The Morgan fingerprint density at radius 3 is 3.22 bits per heavy atom. The standard InChI is InChI=1S/C5H6O4/c6-3-1-2-9-4(3)5(7)8/h1-4,6H,(H,7,8)/i1D,6D. The van der Waals surface area contributed by atoms with Crippen LogP contribution in [0.2, 0.25) is 0 Å². The number of carboxylic acids is 1. The quantitative estimate of drug-likeness (QED) is 0.523. The summed E-state index contributed by atoms with van der Waals surface area (Å²) in [6, 6.07) is -0.132. The Labute approximate surface area is 54.3 Å². The molecule has 0 amide bonds. The molecule has 0 aromatic rings. The number of aliphatic carboxylic acids is 1. The molecule has 1 aliphatic heterocycles. The van der Waals surface area contributed by atoms with Crippen molar-refractivity contribution in [3.05, 3.63) is 12.3 Å². The van der Waals surface area contributed by atoms with Gasteiger partial charge in [-0.3, -0.25) is 0 Å². The molecule has 4 nitrogen and oxygen atoms in total. The fourth-order valence-electron chi connectivity index (χ4n) is 0.526. The van der Waals surface area contributed by atoms with Crippen molar-refractivity contribution in [2.75, 3.05) is 0 Å². The summed E-state index contributed by atoms with van der Waals surface area (Å²) >= 11 is 0. The van der Waals surface area contributed by atoms with Crippen molar-refractivity contribution >= 4 is 5.97 Å². The predicted molar refractivity (Wildman–Crippen MR) is 27.7 cm³/mol. The number of carbonyl (C=O) groups is 1. The molecule has 1 aliphatic rings. The number of aliphatic hydroxyl groups is 1. The Kier molecular flexibility index (Phi) is 0.893. The average Bonchev–Trinajstić information content (AvgIpc) is 2.30. The molecule has 2 unspecified atom stereocenters. The SMILES string of the molecule is [2H]OC1C([2H])=COC1C(=O)O. The maximum Gasteiger partial charge on any atom is 0.347 e. The summed E-state index contributed by atoms with van der Waals surface area (Å²) < 4.78 is 18.0. The van der Waals surface area contributed by atoms with Crippen LogP contribution in [0.25, 0.3) is 0 Å². The van der Waals surface area contributed by atoms with Crippen LogP contribution in [0.5, 0.6) is 0 Å². The number of aliphatic hydroxyl groups excluding tert-OH is 1. The maximum atomic E-state index is 10.3. The maximum absolute atomic E-state index is 10.3. The molecule has 0 aliphatic carbocycles. The predicted octanol–water partition coefficient (Wildman–Crippen LogP) is -0.656. The van der Waals surface area contributed by atoms with Crippen molar-refractivity contribution in [2.24, 2.45) is 0 Å². The zero-order valence-corrected chi connectivity index (χ0v) is 4.40. The third kappa shape index (κ3) is 1.02. The van der Waals surface area contributed by atoms with Crippen molar-refractivity contribution in [3.8, 4) is 0 Å². The lowest BCUT2D eigenvalue weighted by Gasteiger charge is -2.06. The Balaban J connectivity index is 2.68. The first kappa shape index (κ1) is 3.90. The molecule has 0 saturated heterocycles. The van der Waals surface area contributed by atoms with Crippen LogP contribution in [0.15, 0.2) is 12.3 Å². The smallest absolute Gasteiger partial charge is 0.347 e. The van der Waals surface area contributed by atoms with E-state index in [9.17, 15) is 4.79 Å². The van der Waals surface area contributed by atoms with Crippen LogP contribution in [0, 0.1) is 0 Å². The van der Waals surface area contributed by atoms with Crippen molar-refractivity contribution in [1.29, 1.82) is 1.43 Å². The molecule has 0 fully saturated rings. The molecule has 9 heavy (non-hydrogen) atoms. The fraction of sp³-hybridized carbons (Fsp3) is 0.400. The van der Waals surface area contributed by atoms with E-state index in [4.69, 9.17) is 7.91 Å². The topological polar surface area (TPSA) is 66.8 Å². The highest BCUT2D eigenvalue weighted by Crippen LogP contribution is 2.09. The average molecular weight is 132 g/mol. The lowest BCUT2D eigenvalue weighted by molar-refractivity contribution is -0.149. The van der Waals surface area contributed by atoms with Gasteiger partial charge in [-0.1, -0.05) is 0 Å². The van der Waals surface area contributed by atoms with Gasteiger partial charge in [0.1, 0.15) is 6.10 Å². The number of carboxylic acid groups (broad SMARTS) is 1. The van der Waals surface area contributed by atoms with Gasteiger partial charge in [0.25, 0.3) is 0 Å². The molecule has 50 valence electrons. The second-order valence-corrected chi connectivity index (χ2v) is 1.60. The van der Waals surface area contributed by atoms with Gasteiger partial charge >= 0.3 is 5.97 Å². The lowest BCUT2D eigenvalue weighted by Crippen LogP contribution is -2.30. The van der Waals surface area contributed by atoms with Gasteiger partial charge in [-0.05, 0) is 6.05 Å². The van der Waals surface area contributed by atoms with Crippen LogP contribution in [-0.4, -0.2) is 29.8 Å². The van der Waals surface area contributed by atoms with E-state index in [1.54, 1.807) is 0 Å². The van der Waals surface area contributed by atoms with Crippen LogP contribution in [-0.2, 0) is 9.53 Å². The number of hydrogen-bond acceptors (Lipinski definition) is 3. The zero-order chi connectivity index (χ0) is 8.43. The van der Waals surface area contributed by atoms with E-state index in [0.29, 0.717) is 0 Å². The molecule has 2 N–H and O–H groups in total. The number of ether oxygens (including phenoxy) is 1. The highest BCUT2D eigenvalue weighted by atomic mass is 16.5. The van der Waals surface area contributed by atoms with Crippen molar-refractivity contribution in [2.45, 2.75) is 12.2 Å². The third-order valence-corrected chi connectivity index (χ3v) is 0.965. The van der Waals surface area contributed by atoms with Gasteiger partial charge in [0.2, 0.25) is 7.54 Å². The van der Waals surface area contributed by atoms with Crippen LogP contribution in [0.4, 0.5) is 0 Å². The summed E-state index contributed by atoms with van der Waals surface area (Å²) in [5.74, 6) is -1.24. The minimum atomic E-state index is -1.25. The largest absolute Gasteiger partial charge is 0.483 e. The van der Waals surface area contributed by atoms with E-state index in [1.807, 2.05) is 0 Å². The van der Waals surface area contributed by atoms with Gasteiger partial charge < -0.3 is 15.0 Å². The van der Waals surface area contributed by atoms with E-state index in [2.05, 4.69) is 9.85 Å². The molecule has 1 rings (SSSR count). The number of hydrogen-bond donors (Lipinski definition) is 2. The van der Waals surface area contributed by atoms with E-state index < -0.39 is 18.2 Å². The first-order valence-corrected chi connectivity index (χ1v) is 2.33. The van der Waals surface area contributed by atoms with Gasteiger partial charge in [0.05, 0.1) is 7.63 Å². The van der Waals surface area contributed by atoms with Crippen molar-refractivity contribution < 1.29 is 21.1 Å². The van der Waals surface area contributed by atoms with Crippen LogP contribution in [0.1, 0.15) is 1.37 Å². The van der Waals surface area contributed by atoms with E-state index >= 15 is 0 Å². The second kappa shape index (κ2) is 2.06. The van der Waals surface area contributed by atoms with Crippen LogP contribution >= 0.6 is 0 Å². The Bertz CT molecular complexity index is 203. The van der Waals surface area contributed by atoms with E-state index in [-0.39, 0.29) is 6.05 Å². The zero-order valence-electron chi connectivity index (χ0n) is 6.40. The first-order chi connectivity index (χ1) is 5.16. The summed E-state index contributed by atoms with van der Waals surface area (Å²) in [7, 11) is 0. The van der Waals surface area contributed by atoms with E-state index in [1.165, 1.54) is 0 Å². The molecule has 0 aromatic heterocycles. The fourth-order valence-corrected chi connectivity index (χ4v) is 0.526. The summed E-state index contributed by atoms with van der Waals surface area (Å²) in [5, 5.41) is 12.4. The minimum absolute atomic E-state index is 0.132. The molecule has 0 radical (unpaired) electrons. The third-order valence-electron chi connectivity index (χ3n) is 0.965. The molecule has 0 spiro atoms. The molecule has 0 saturated carbocycles. The van der Waals surface area contributed by atoms with Gasteiger partial charge in [0, 0.05) is 0 Å².